The summed E-state index contributed by atoms with van der Waals surface area (Å²) < 4.78 is 35.6. The number of para-hydroxylation sites is 1. The van der Waals surface area contributed by atoms with E-state index >= 15 is 0 Å². The zero-order valence-corrected chi connectivity index (χ0v) is 20.9. The number of carbonyl (C=O) groups is 2. The highest BCUT2D eigenvalue weighted by molar-refractivity contribution is 7.92. The molecule has 3 aromatic carbocycles. The number of benzene rings is 3. The van der Waals surface area contributed by atoms with Gasteiger partial charge in [0.15, 0.2) is 4.80 Å². The monoisotopic (exact) mass is 509 g/mol. The van der Waals surface area contributed by atoms with Crippen LogP contribution in [0.15, 0.2) is 76.6 Å². The third kappa shape index (κ3) is 5.33. The third-order valence-corrected chi connectivity index (χ3v) is 7.71. The Labute approximate surface area is 206 Å². The van der Waals surface area contributed by atoms with E-state index in [1.165, 1.54) is 42.7 Å². The Morgan fingerprint density at radius 2 is 1.69 bits per heavy atom. The number of hydrogen-bond donors (Lipinski definition) is 1. The number of methoxy groups -OCH3 is 1. The molecule has 0 aliphatic heterocycles. The molecule has 0 saturated carbocycles. The normalized spacial score (nSPS) is 12.0. The van der Waals surface area contributed by atoms with Crippen LogP contribution in [0.5, 0.6) is 0 Å². The number of nitrogens with one attached hydrogen (secondary N) is 1. The largest absolute Gasteiger partial charge is 0.468 e. The standard InChI is InChI=1S/C25H23N3O5S2/c1-16-8-11-18(12-9-16)35(31,32)27-20-7-5-4-6-19(20)24(30)26-25-28(15-23(29)33-3)21-13-10-17(2)14-22(21)34-25/h4-14,27H,15H2,1-3H3. The van der Waals surface area contributed by atoms with Crippen LogP contribution in [0.2, 0.25) is 0 Å². The molecule has 0 spiro atoms. The second kappa shape index (κ2) is 9.85. The van der Waals surface area contributed by atoms with Crippen molar-refractivity contribution in [3.8, 4) is 0 Å². The van der Waals surface area contributed by atoms with E-state index in [-0.39, 0.29) is 22.7 Å². The number of anilines is 1. The first kappa shape index (κ1) is 24.4. The Balaban J connectivity index is 1.76. The lowest BCUT2D eigenvalue weighted by molar-refractivity contribution is -0.141. The number of aromatic nitrogens is 1. The van der Waals surface area contributed by atoms with E-state index in [4.69, 9.17) is 4.74 Å². The molecule has 4 aromatic rings. The Kier molecular flexibility index (Phi) is 6.86. The van der Waals surface area contributed by atoms with E-state index in [9.17, 15) is 18.0 Å². The fourth-order valence-corrected chi connectivity index (χ4v) is 5.64. The number of ether oxygens (including phenoxy) is 1. The number of aryl methyl sites for hydroxylation is 2. The lowest BCUT2D eigenvalue weighted by Gasteiger charge is -2.11. The molecule has 0 aliphatic rings. The first-order chi connectivity index (χ1) is 16.7. The predicted molar refractivity (Wildman–Crippen MR) is 135 cm³/mol. The molecule has 0 atom stereocenters. The van der Waals surface area contributed by atoms with Gasteiger partial charge in [-0.1, -0.05) is 47.2 Å². The van der Waals surface area contributed by atoms with Crippen molar-refractivity contribution in [3.05, 3.63) is 88.2 Å². The molecule has 0 saturated heterocycles. The first-order valence-electron chi connectivity index (χ1n) is 10.6. The van der Waals surface area contributed by atoms with E-state index in [0.717, 1.165) is 21.3 Å². The number of thiazole rings is 1. The van der Waals surface area contributed by atoms with E-state index < -0.39 is 21.9 Å². The van der Waals surface area contributed by atoms with Gasteiger partial charge >= 0.3 is 5.97 Å². The summed E-state index contributed by atoms with van der Waals surface area (Å²) in [6.07, 6.45) is 0. The van der Waals surface area contributed by atoms with Gasteiger partial charge in [0.1, 0.15) is 6.54 Å². The molecule has 0 fully saturated rings. The Morgan fingerprint density at radius 1 is 1.00 bits per heavy atom. The number of fused-ring (bicyclic) bond motifs is 1. The minimum absolute atomic E-state index is 0.0816. The highest BCUT2D eigenvalue weighted by Gasteiger charge is 2.19. The number of sulfonamides is 1. The van der Waals surface area contributed by atoms with Crippen molar-refractivity contribution in [2.24, 2.45) is 4.99 Å². The summed E-state index contributed by atoms with van der Waals surface area (Å²) in [7, 11) is -2.63. The van der Waals surface area contributed by atoms with Gasteiger partial charge in [0.25, 0.3) is 15.9 Å². The van der Waals surface area contributed by atoms with Crippen LogP contribution >= 0.6 is 11.3 Å². The lowest BCUT2D eigenvalue weighted by atomic mass is 10.2. The van der Waals surface area contributed by atoms with Gasteiger partial charge in [-0.25, -0.2) is 8.42 Å². The van der Waals surface area contributed by atoms with Crippen LogP contribution in [0.25, 0.3) is 10.2 Å². The summed E-state index contributed by atoms with van der Waals surface area (Å²) in [5.74, 6) is -1.13. The van der Waals surface area contributed by atoms with Crippen molar-refractivity contribution in [1.29, 1.82) is 0 Å². The van der Waals surface area contributed by atoms with E-state index in [2.05, 4.69) is 9.71 Å². The van der Waals surface area contributed by atoms with E-state index in [1.807, 2.05) is 32.0 Å². The number of rotatable bonds is 6. The summed E-state index contributed by atoms with van der Waals surface area (Å²) >= 11 is 1.26. The van der Waals surface area contributed by atoms with E-state index in [1.54, 1.807) is 28.8 Å². The SMILES string of the molecule is COC(=O)Cn1c(=NC(=O)c2ccccc2NS(=O)(=O)c2ccc(C)cc2)sc2cc(C)ccc21. The first-order valence-corrected chi connectivity index (χ1v) is 12.9. The topological polar surface area (TPSA) is 107 Å². The zero-order chi connectivity index (χ0) is 25.2. The van der Waals surface area contributed by atoms with Crippen molar-refractivity contribution in [2.75, 3.05) is 11.8 Å². The van der Waals surface area contributed by atoms with Crippen LogP contribution in [-0.4, -0.2) is 32.0 Å². The average molecular weight is 510 g/mol. The summed E-state index contributed by atoms with van der Waals surface area (Å²) in [5, 5.41) is 0. The fourth-order valence-electron chi connectivity index (χ4n) is 3.44. The van der Waals surface area contributed by atoms with Gasteiger partial charge in [-0.2, -0.15) is 4.99 Å². The van der Waals surface area contributed by atoms with Crippen molar-refractivity contribution in [1.82, 2.24) is 4.57 Å². The van der Waals surface area contributed by atoms with Crippen LogP contribution < -0.4 is 9.52 Å². The maximum Gasteiger partial charge on any atom is 0.325 e. The maximum atomic E-state index is 13.2. The van der Waals surface area contributed by atoms with Gasteiger partial charge in [-0.3, -0.25) is 14.3 Å². The van der Waals surface area contributed by atoms with Gasteiger partial charge in [0.2, 0.25) is 0 Å². The zero-order valence-electron chi connectivity index (χ0n) is 19.3. The summed E-state index contributed by atoms with van der Waals surface area (Å²) in [6, 6.07) is 18.4. The molecule has 1 heterocycles. The second-order valence-electron chi connectivity index (χ2n) is 7.90. The average Bonchev–Trinajstić information content (AvgIpc) is 3.14. The minimum atomic E-state index is -3.92. The van der Waals surface area contributed by atoms with Gasteiger partial charge in [0.05, 0.1) is 33.5 Å². The summed E-state index contributed by atoms with van der Waals surface area (Å²) in [5.41, 5.74) is 2.89. The van der Waals surface area contributed by atoms with Crippen molar-refractivity contribution < 1.29 is 22.7 Å². The van der Waals surface area contributed by atoms with Crippen molar-refractivity contribution in [3.63, 3.8) is 0 Å². The van der Waals surface area contributed by atoms with Crippen LogP contribution in [0, 0.1) is 13.8 Å². The molecule has 1 N–H and O–H groups in total. The van der Waals surface area contributed by atoms with Gasteiger partial charge in [-0.15, -0.1) is 0 Å². The number of carbonyl (C=O) groups excluding carboxylic acids is 2. The molecule has 10 heteroatoms. The number of esters is 1. The van der Waals surface area contributed by atoms with Crippen LogP contribution in [0.3, 0.4) is 0 Å². The van der Waals surface area contributed by atoms with Crippen molar-refractivity contribution in [2.45, 2.75) is 25.3 Å². The molecule has 0 aliphatic carbocycles. The number of amides is 1. The third-order valence-electron chi connectivity index (χ3n) is 5.28. The van der Waals surface area contributed by atoms with E-state index in [0.29, 0.717) is 4.80 Å². The fraction of sp³-hybridized carbons (Fsp3) is 0.160. The minimum Gasteiger partial charge on any atom is -0.468 e. The molecule has 1 amide bonds. The number of nitrogens with zero attached hydrogens (tertiary/aromatic N) is 2. The predicted octanol–water partition coefficient (Wildman–Crippen LogP) is 4.03. The molecule has 4 rings (SSSR count). The molecule has 0 bridgehead atoms. The smallest absolute Gasteiger partial charge is 0.325 e. The molecule has 0 radical (unpaired) electrons. The maximum absolute atomic E-state index is 13.2. The molecular formula is C25H23N3O5S2. The van der Waals surface area contributed by atoms with Gasteiger partial charge < -0.3 is 9.30 Å². The summed E-state index contributed by atoms with van der Waals surface area (Å²) in [4.78, 5) is 29.9. The Morgan fingerprint density at radius 3 is 2.40 bits per heavy atom. The highest BCUT2D eigenvalue weighted by Crippen LogP contribution is 2.22. The quantitative estimate of drug-likeness (QED) is 0.395. The Hall–Kier alpha value is -3.76. The second-order valence-corrected chi connectivity index (χ2v) is 10.6. The van der Waals surface area contributed by atoms with Crippen LogP contribution in [0.1, 0.15) is 21.5 Å². The molecule has 8 nitrogen and oxygen atoms in total. The highest BCUT2D eigenvalue weighted by atomic mass is 32.2. The van der Waals surface area contributed by atoms with Gasteiger partial charge in [-0.05, 0) is 55.8 Å². The number of hydrogen-bond acceptors (Lipinski definition) is 6. The van der Waals surface area contributed by atoms with Gasteiger partial charge in [0, 0.05) is 0 Å². The molecule has 180 valence electrons. The lowest BCUT2D eigenvalue weighted by Crippen LogP contribution is -2.22. The van der Waals surface area contributed by atoms with Crippen LogP contribution in [0.4, 0.5) is 5.69 Å². The molecule has 0 unspecified atom stereocenters. The molecule has 1 aromatic heterocycles. The molecule has 35 heavy (non-hydrogen) atoms. The summed E-state index contributed by atoms with van der Waals surface area (Å²) in [6.45, 7) is 3.69. The van der Waals surface area contributed by atoms with Crippen LogP contribution in [-0.2, 0) is 26.1 Å². The molecular weight excluding hydrogens is 486 g/mol. The van der Waals surface area contributed by atoms with Crippen molar-refractivity contribution >= 4 is 49.1 Å². The Bertz CT molecular complexity index is 1600.